The van der Waals surface area contributed by atoms with Gasteiger partial charge in [-0.3, -0.25) is 0 Å². The molecule has 1 nitrogen and oxygen atoms in total. The highest BCUT2D eigenvalue weighted by Gasteiger charge is 2.32. The van der Waals surface area contributed by atoms with Gasteiger partial charge in [-0.25, -0.2) is 8.78 Å². The summed E-state index contributed by atoms with van der Waals surface area (Å²) in [7, 11) is -2.76. The third kappa shape index (κ3) is 4.70. The van der Waals surface area contributed by atoms with Crippen LogP contribution in [0.2, 0.25) is 13.1 Å². The van der Waals surface area contributed by atoms with E-state index in [2.05, 4.69) is 0 Å². The second-order valence-corrected chi connectivity index (χ2v) is 12.2. The Morgan fingerprint density at radius 1 is 0.867 bits per heavy atom. The molecule has 0 fully saturated rings. The fraction of sp³-hybridized carbons (Fsp3) is 0.231. The molecule has 3 rings (SSSR count). The van der Waals surface area contributed by atoms with Crippen molar-refractivity contribution in [1.82, 2.24) is 0 Å². The lowest BCUT2D eigenvalue weighted by Gasteiger charge is -2.22. The molecule has 0 saturated carbocycles. The number of benzene rings is 3. The van der Waals surface area contributed by atoms with E-state index in [4.69, 9.17) is 4.74 Å². The first-order chi connectivity index (χ1) is 14.3. The van der Waals surface area contributed by atoms with Gasteiger partial charge in [-0.05, 0) is 48.2 Å². The molecule has 0 radical (unpaired) electrons. The van der Waals surface area contributed by atoms with Gasteiger partial charge in [0.05, 0.1) is 6.61 Å². The van der Waals surface area contributed by atoms with Crippen LogP contribution >= 0.6 is 0 Å². The second-order valence-electron chi connectivity index (χ2n) is 7.93. The van der Waals surface area contributed by atoms with Gasteiger partial charge in [0.15, 0.2) is 8.07 Å². The van der Waals surface area contributed by atoms with Crippen LogP contribution in [0.5, 0.6) is 5.75 Å². The summed E-state index contributed by atoms with van der Waals surface area (Å²) in [5.41, 5.74) is 3.30. The van der Waals surface area contributed by atoms with Gasteiger partial charge < -0.3 is 4.74 Å². The minimum atomic E-state index is -2.76. The van der Waals surface area contributed by atoms with E-state index >= 15 is 8.78 Å². The normalized spacial score (nSPS) is 12.5. The Hall–Kier alpha value is -2.72. The molecule has 0 N–H and O–H groups in total. The zero-order valence-corrected chi connectivity index (χ0v) is 19.0. The van der Waals surface area contributed by atoms with Gasteiger partial charge in [0.25, 0.3) is 0 Å². The van der Waals surface area contributed by atoms with Crippen molar-refractivity contribution in [3.05, 3.63) is 95.2 Å². The highest BCUT2D eigenvalue weighted by atomic mass is 28.3. The number of rotatable bonds is 7. The van der Waals surface area contributed by atoms with Crippen LogP contribution in [0.1, 0.15) is 18.1 Å². The molecule has 4 heteroatoms. The maximum absolute atomic E-state index is 15.3. The van der Waals surface area contributed by atoms with Crippen LogP contribution in [-0.4, -0.2) is 14.7 Å². The zero-order chi connectivity index (χ0) is 21.7. The fourth-order valence-electron chi connectivity index (χ4n) is 3.65. The van der Waals surface area contributed by atoms with Crippen molar-refractivity contribution in [2.75, 3.05) is 6.61 Å². The van der Waals surface area contributed by atoms with Crippen LogP contribution in [0, 0.1) is 6.92 Å². The first kappa shape index (κ1) is 22.0. The SMILES string of the molecule is CCOc1ccc([Si](C)(C)C(F)=C(F)Cc2cccc(-c3ccccc3)c2C)cc1. The summed E-state index contributed by atoms with van der Waals surface area (Å²) in [5, 5.41) is 0.841. The van der Waals surface area contributed by atoms with Crippen molar-refractivity contribution >= 4 is 13.3 Å². The van der Waals surface area contributed by atoms with Crippen molar-refractivity contribution < 1.29 is 13.5 Å². The van der Waals surface area contributed by atoms with Crippen molar-refractivity contribution in [3.63, 3.8) is 0 Å². The average molecular weight is 423 g/mol. The van der Waals surface area contributed by atoms with E-state index in [0.717, 1.165) is 33.2 Å². The lowest BCUT2D eigenvalue weighted by Crippen LogP contribution is -2.43. The Morgan fingerprint density at radius 2 is 1.53 bits per heavy atom. The minimum absolute atomic E-state index is 0.0359. The molecule has 0 bridgehead atoms. The molecule has 156 valence electrons. The molecule has 0 heterocycles. The smallest absolute Gasteiger partial charge is 0.151 e. The van der Waals surface area contributed by atoms with Gasteiger partial charge in [-0.1, -0.05) is 78.9 Å². The molecule has 0 atom stereocenters. The topological polar surface area (TPSA) is 9.23 Å². The Kier molecular flexibility index (Phi) is 6.88. The molecule has 0 unspecified atom stereocenters. The maximum Gasteiger partial charge on any atom is 0.151 e. The monoisotopic (exact) mass is 422 g/mol. The number of hydrogen-bond acceptors (Lipinski definition) is 1. The van der Waals surface area contributed by atoms with Gasteiger partial charge in [-0.15, -0.1) is 0 Å². The second kappa shape index (κ2) is 9.39. The Morgan fingerprint density at radius 3 is 2.17 bits per heavy atom. The van der Waals surface area contributed by atoms with E-state index in [0.29, 0.717) is 6.61 Å². The van der Waals surface area contributed by atoms with E-state index in [1.165, 1.54) is 0 Å². The predicted molar refractivity (Wildman–Crippen MR) is 124 cm³/mol. The molecule has 0 aliphatic rings. The van der Waals surface area contributed by atoms with Gasteiger partial charge in [0, 0.05) is 6.42 Å². The van der Waals surface area contributed by atoms with E-state index in [1.807, 2.05) is 99.7 Å². The van der Waals surface area contributed by atoms with E-state index in [-0.39, 0.29) is 6.42 Å². The summed E-state index contributed by atoms with van der Waals surface area (Å²) in [4.78, 5) is 0. The first-order valence-corrected chi connectivity index (χ1v) is 13.3. The van der Waals surface area contributed by atoms with Crippen molar-refractivity contribution in [2.24, 2.45) is 0 Å². The molecule has 0 saturated heterocycles. The summed E-state index contributed by atoms with van der Waals surface area (Å²) in [6.45, 7) is 8.14. The minimum Gasteiger partial charge on any atom is -0.494 e. The zero-order valence-electron chi connectivity index (χ0n) is 18.0. The van der Waals surface area contributed by atoms with Crippen LogP contribution in [0.3, 0.4) is 0 Å². The van der Waals surface area contributed by atoms with Crippen LogP contribution in [0.25, 0.3) is 11.1 Å². The highest BCUT2D eigenvalue weighted by Crippen LogP contribution is 2.29. The number of allylic oxidation sites excluding steroid dienone is 1. The quantitative estimate of drug-likeness (QED) is 0.376. The summed E-state index contributed by atoms with van der Waals surface area (Å²) >= 11 is 0. The lowest BCUT2D eigenvalue weighted by atomic mass is 9.95. The molecule has 30 heavy (non-hydrogen) atoms. The summed E-state index contributed by atoms with van der Waals surface area (Å²) in [6, 6.07) is 23.1. The first-order valence-electron chi connectivity index (χ1n) is 10.3. The Balaban J connectivity index is 1.89. The van der Waals surface area contributed by atoms with E-state index in [9.17, 15) is 0 Å². The number of ether oxygens (including phenoxy) is 1. The average Bonchev–Trinajstić information content (AvgIpc) is 2.76. The molecule has 0 aliphatic carbocycles. The largest absolute Gasteiger partial charge is 0.494 e. The molecule has 0 aromatic heterocycles. The standard InChI is InChI=1S/C26H28F2OSi/c1-5-29-22-14-16-23(17-15-22)30(3,4)26(28)25(27)18-21-12-9-13-24(19(21)2)20-10-7-6-8-11-20/h6-17H,5,18H2,1-4H3. The lowest BCUT2D eigenvalue weighted by molar-refractivity contribution is 0.340. The molecule has 0 amide bonds. The molecule has 3 aromatic carbocycles. The molecule has 3 aromatic rings. The van der Waals surface area contributed by atoms with Crippen LogP contribution in [0.4, 0.5) is 8.78 Å². The van der Waals surface area contributed by atoms with Crippen molar-refractivity contribution in [1.29, 1.82) is 0 Å². The Bertz CT molecular complexity index is 1020. The molecular weight excluding hydrogens is 394 g/mol. The predicted octanol–water partition coefficient (Wildman–Crippen LogP) is 6.91. The molecule has 0 aliphatic heterocycles. The molecule has 0 spiro atoms. The van der Waals surface area contributed by atoms with Gasteiger partial charge in [0.2, 0.25) is 0 Å². The highest BCUT2D eigenvalue weighted by molar-refractivity contribution is 6.95. The summed E-state index contributed by atoms with van der Waals surface area (Å²) in [5.74, 6) is 0.0677. The Labute approximate surface area is 179 Å². The number of halogens is 2. The van der Waals surface area contributed by atoms with Crippen molar-refractivity contribution in [3.8, 4) is 16.9 Å². The van der Waals surface area contributed by atoms with Crippen LogP contribution in [-0.2, 0) is 6.42 Å². The molecular formula is C26H28F2OSi. The van der Waals surface area contributed by atoms with Gasteiger partial charge >= 0.3 is 0 Å². The summed E-state index contributed by atoms with van der Waals surface area (Å²) in [6.07, 6.45) is -0.0359. The third-order valence-corrected chi connectivity index (χ3v) is 8.70. The van der Waals surface area contributed by atoms with Crippen LogP contribution in [0.15, 0.2) is 84.1 Å². The maximum atomic E-state index is 15.3. The third-order valence-electron chi connectivity index (χ3n) is 5.55. The van der Waals surface area contributed by atoms with Crippen molar-refractivity contribution in [2.45, 2.75) is 33.4 Å². The van der Waals surface area contributed by atoms with E-state index in [1.54, 1.807) is 0 Å². The number of hydrogen-bond donors (Lipinski definition) is 0. The van der Waals surface area contributed by atoms with Gasteiger partial charge in [0.1, 0.15) is 17.0 Å². The summed E-state index contributed by atoms with van der Waals surface area (Å²) < 4.78 is 35.8. The van der Waals surface area contributed by atoms with E-state index < -0.39 is 19.4 Å². The van der Waals surface area contributed by atoms with Gasteiger partial charge in [-0.2, -0.15) is 0 Å². The van der Waals surface area contributed by atoms with Crippen LogP contribution < -0.4 is 9.92 Å². The fourth-order valence-corrected chi connectivity index (χ4v) is 5.67.